The average Bonchev–Trinajstić information content (AvgIpc) is 3.32. The van der Waals surface area contributed by atoms with E-state index in [2.05, 4.69) is 50.5 Å². The molecular formula is C18H15N7. The van der Waals surface area contributed by atoms with Gasteiger partial charge in [0.15, 0.2) is 0 Å². The minimum atomic E-state index is 0.577. The fourth-order valence-corrected chi connectivity index (χ4v) is 2.99. The predicted octanol–water partition coefficient (Wildman–Crippen LogP) is 2.83. The normalized spacial score (nSPS) is 11.6. The van der Waals surface area contributed by atoms with Gasteiger partial charge in [-0.2, -0.15) is 0 Å². The van der Waals surface area contributed by atoms with Crippen molar-refractivity contribution in [2.75, 3.05) is 0 Å². The Morgan fingerprint density at radius 1 is 1.12 bits per heavy atom. The van der Waals surface area contributed by atoms with Crippen molar-refractivity contribution in [3.63, 3.8) is 0 Å². The van der Waals surface area contributed by atoms with Crippen molar-refractivity contribution in [3.05, 3.63) is 66.5 Å². The molecule has 0 saturated heterocycles. The van der Waals surface area contributed by atoms with Crippen LogP contribution >= 0.6 is 0 Å². The number of imidazole rings is 1. The molecule has 1 N–H and O–H groups in total. The Morgan fingerprint density at radius 2 is 2.08 bits per heavy atom. The number of aryl methyl sites for hydroxylation is 1. The summed E-state index contributed by atoms with van der Waals surface area (Å²) in [7, 11) is 0. The Labute approximate surface area is 143 Å². The number of nitrogens with zero attached hydrogens (tertiary/aromatic N) is 6. The summed E-state index contributed by atoms with van der Waals surface area (Å²) in [6.07, 6.45) is 9.70. The van der Waals surface area contributed by atoms with Gasteiger partial charge in [0.25, 0.3) is 0 Å². The molecule has 0 atom stereocenters. The van der Waals surface area contributed by atoms with Crippen LogP contribution in [0.25, 0.3) is 27.9 Å². The summed E-state index contributed by atoms with van der Waals surface area (Å²) in [5.74, 6) is 0. The minimum absolute atomic E-state index is 0.577. The summed E-state index contributed by atoms with van der Waals surface area (Å²) in [6, 6.07) is 8.13. The maximum atomic E-state index is 4.62. The van der Waals surface area contributed by atoms with Crippen molar-refractivity contribution in [3.8, 4) is 11.3 Å². The molecule has 0 saturated carbocycles. The highest BCUT2D eigenvalue weighted by Gasteiger charge is 2.08. The van der Waals surface area contributed by atoms with Crippen LogP contribution in [-0.2, 0) is 6.54 Å². The summed E-state index contributed by atoms with van der Waals surface area (Å²) in [6.45, 7) is 2.64. The number of H-pyrrole nitrogens is 1. The second-order valence-electron chi connectivity index (χ2n) is 6.15. The third-order valence-electron chi connectivity index (χ3n) is 4.21. The molecule has 7 nitrogen and oxygen atoms in total. The third-order valence-corrected chi connectivity index (χ3v) is 4.21. The highest BCUT2D eigenvalue weighted by molar-refractivity contribution is 5.80. The molecule has 0 aromatic carbocycles. The molecule has 0 fully saturated rings. The fraction of sp³-hybridized carbons (Fsp3) is 0.111. The molecule has 0 bridgehead atoms. The molecule has 0 amide bonds. The number of aromatic amines is 1. The van der Waals surface area contributed by atoms with Crippen molar-refractivity contribution in [2.45, 2.75) is 13.5 Å². The van der Waals surface area contributed by atoms with Gasteiger partial charge in [-0.15, -0.1) is 5.10 Å². The molecule has 5 aromatic rings. The number of hydrogen-bond donors (Lipinski definition) is 1. The summed E-state index contributed by atoms with van der Waals surface area (Å²) >= 11 is 0. The van der Waals surface area contributed by atoms with Gasteiger partial charge in [-0.3, -0.25) is 0 Å². The van der Waals surface area contributed by atoms with Crippen LogP contribution in [0.1, 0.15) is 11.3 Å². The molecule has 5 aromatic heterocycles. The first-order valence-electron chi connectivity index (χ1n) is 8.02. The monoisotopic (exact) mass is 329 g/mol. The van der Waals surface area contributed by atoms with E-state index in [0.717, 1.165) is 33.6 Å². The zero-order chi connectivity index (χ0) is 16.8. The van der Waals surface area contributed by atoms with Crippen LogP contribution in [0.4, 0.5) is 0 Å². The van der Waals surface area contributed by atoms with Gasteiger partial charge >= 0.3 is 0 Å². The maximum Gasteiger partial charge on any atom is 0.137 e. The number of hydrogen-bond acceptors (Lipinski definition) is 4. The zero-order valence-electron chi connectivity index (χ0n) is 13.6. The average molecular weight is 329 g/mol. The first-order chi connectivity index (χ1) is 12.2. The van der Waals surface area contributed by atoms with E-state index in [4.69, 9.17) is 0 Å². The van der Waals surface area contributed by atoms with Gasteiger partial charge in [0.05, 0.1) is 18.4 Å². The van der Waals surface area contributed by atoms with Crippen LogP contribution in [0.2, 0.25) is 0 Å². The van der Waals surface area contributed by atoms with E-state index < -0.39 is 0 Å². The second kappa shape index (κ2) is 5.27. The fourth-order valence-electron chi connectivity index (χ4n) is 2.99. The molecule has 0 spiro atoms. The lowest BCUT2D eigenvalue weighted by Crippen LogP contribution is -2.00. The summed E-state index contributed by atoms with van der Waals surface area (Å²) < 4.78 is 3.83. The zero-order valence-corrected chi connectivity index (χ0v) is 13.6. The largest absolute Gasteiger partial charge is 0.346 e. The third kappa shape index (κ3) is 2.46. The van der Waals surface area contributed by atoms with Crippen LogP contribution in [0.5, 0.6) is 0 Å². The van der Waals surface area contributed by atoms with Crippen molar-refractivity contribution in [2.24, 2.45) is 0 Å². The smallest absolute Gasteiger partial charge is 0.137 e. The van der Waals surface area contributed by atoms with Crippen LogP contribution in [0.15, 0.2) is 55.2 Å². The van der Waals surface area contributed by atoms with Crippen molar-refractivity contribution in [1.82, 2.24) is 34.3 Å². The maximum absolute atomic E-state index is 4.62. The first-order valence-corrected chi connectivity index (χ1v) is 8.02. The van der Waals surface area contributed by atoms with Gasteiger partial charge in [-0.05, 0) is 30.7 Å². The number of rotatable bonds is 3. The van der Waals surface area contributed by atoms with Crippen LogP contribution < -0.4 is 0 Å². The number of nitrogens with one attached hydrogen (secondary N) is 1. The van der Waals surface area contributed by atoms with E-state index in [0.29, 0.717) is 6.54 Å². The minimum Gasteiger partial charge on any atom is -0.346 e. The van der Waals surface area contributed by atoms with Crippen LogP contribution in [0.3, 0.4) is 0 Å². The predicted molar refractivity (Wildman–Crippen MR) is 94.1 cm³/mol. The second-order valence-corrected chi connectivity index (χ2v) is 6.15. The molecule has 0 unspecified atom stereocenters. The lowest BCUT2D eigenvalue weighted by atomic mass is 10.2. The van der Waals surface area contributed by atoms with E-state index in [1.807, 2.05) is 35.1 Å². The SMILES string of the molecule is Cc1ccc2nc(Cn3cc(-c4cnc5[nH]ccc5c4)nn3)cn2c1. The summed E-state index contributed by atoms with van der Waals surface area (Å²) in [5, 5.41) is 9.55. The molecule has 25 heavy (non-hydrogen) atoms. The Bertz CT molecular complexity index is 1190. The van der Waals surface area contributed by atoms with Crippen LogP contribution in [0, 0.1) is 6.92 Å². The molecular weight excluding hydrogens is 314 g/mol. The van der Waals surface area contributed by atoms with E-state index in [1.54, 1.807) is 10.9 Å². The molecule has 5 heterocycles. The highest BCUT2D eigenvalue weighted by Crippen LogP contribution is 2.20. The lowest BCUT2D eigenvalue weighted by Gasteiger charge is -1.96. The van der Waals surface area contributed by atoms with Gasteiger partial charge < -0.3 is 9.38 Å². The van der Waals surface area contributed by atoms with Gasteiger partial charge in [0.2, 0.25) is 0 Å². The van der Waals surface area contributed by atoms with Gasteiger partial charge in [0.1, 0.15) is 17.0 Å². The molecule has 5 rings (SSSR count). The van der Waals surface area contributed by atoms with Crippen molar-refractivity contribution < 1.29 is 0 Å². The molecule has 0 aliphatic heterocycles. The van der Waals surface area contributed by atoms with E-state index >= 15 is 0 Å². The molecule has 0 aliphatic rings. The molecule has 0 radical (unpaired) electrons. The summed E-state index contributed by atoms with van der Waals surface area (Å²) in [4.78, 5) is 12.1. The van der Waals surface area contributed by atoms with Crippen molar-refractivity contribution >= 4 is 16.7 Å². The quantitative estimate of drug-likeness (QED) is 0.552. The lowest BCUT2D eigenvalue weighted by molar-refractivity contribution is 0.641. The first kappa shape index (κ1) is 13.9. The van der Waals surface area contributed by atoms with Crippen LogP contribution in [-0.4, -0.2) is 34.3 Å². The number of fused-ring (bicyclic) bond motifs is 2. The van der Waals surface area contributed by atoms with Crippen molar-refractivity contribution in [1.29, 1.82) is 0 Å². The van der Waals surface area contributed by atoms with Gasteiger partial charge in [0, 0.05) is 35.7 Å². The Morgan fingerprint density at radius 3 is 3.04 bits per heavy atom. The Balaban J connectivity index is 1.44. The summed E-state index contributed by atoms with van der Waals surface area (Å²) in [5.41, 5.74) is 5.70. The topological polar surface area (TPSA) is 76.7 Å². The van der Waals surface area contributed by atoms with Gasteiger partial charge in [-0.1, -0.05) is 11.3 Å². The van der Waals surface area contributed by atoms with E-state index in [9.17, 15) is 0 Å². The van der Waals surface area contributed by atoms with Gasteiger partial charge in [-0.25, -0.2) is 14.6 Å². The van der Waals surface area contributed by atoms with E-state index in [1.165, 1.54) is 5.56 Å². The molecule has 7 heteroatoms. The standard InChI is InChI=1S/C18H15N7/c1-12-2-3-17-21-15(9-24(17)8-12)10-25-11-16(22-23-25)14-6-13-4-5-19-18(13)20-7-14/h2-9,11H,10H2,1H3,(H,19,20). The number of aromatic nitrogens is 7. The number of pyridine rings is 2. The Kier molecular flexibility index (Phi) is 2.93. The van der Waals surface area contributed by atoms with E-state index in [-0.39, 0.29) is 0 Å². The Hall–Kier alpha value is -3.48. The molecule has 122 valence electrons. The highest BCUT2D eigenvalue weighted by atomic mass is 15.4. The molecule has 0 aliphatic carbocycles.